The molecule has 0 aliphatic carbocycles. The summed E-state index contributed by atoms with van der Waals surface area (Å²) < 4.78 is 7.76. The van der Waals surface area contributed by atoms with Gasteiger partial charge in [-0.2, -0.15) is 0 Å². The summed E-state index contributed by atoms with van der Waals surface area (Å²) in [7, 11) is 0. The maximum atomic E-state index is 13.0. The summed E-state index contributed by atoms with van der Waals surface area (Å²) in [6.45, 7) is 7.21. The second kappa shape index (κ2) is 10.0. The molecule has 2 amide bonds. The predicted octanol–water partition coefficient (Wildman–Crippen LogP) is 4.51. The Hall–Kier alpha value is -3.88. The maximum Gasteiger partial charge on any atom is 0.410 e. The summed E-state index contributed by atoms with van der Waals surface area (Å²) in [5.41, 5.74) is 3.50. The summed E-state index contributed by atoms with van der Waals surface area (Å²) in [5, 5.41) is 3.99. The number of aromatic nitrogens is 4. The van der Waals surface area contributed by atoms with Crippen molar-refractivity contribution in [3.8, 4) is 0 Å². The molecule has 188 valence electrons. The summed E-state index contributed by atoms with van der Waals surface area (Å²) in [4.78, 5) is 40.0. The second-order valence-corrected chi connectivity index (χ2v) is 9.72. The van der Waals surface area contributed by atoms with E-state index < -0.39 is 5.92 Å². The van der Waals surface area contributed by atoms with Gasteiger partial charge in [0.25, 0.3) is 0 Å². The van der Waals surface area contributed by atoms with Crippen molar-refractivity contribution < 1.29 is 14.3 Å². The average molecular weight is 489 g/mol. The molecule has 1 saturated heterocycles. The number of ether oxygens (including phenoxy) is 1. The highest BCUT2D eigenvalue weighted by molar-refractivity contribution is 6.01. The standard InChI is InChI=1S/C27H32N6O3/c1-17(2)30-26(34)18(3)25-31-22-15-29-24-21(9-12-28-24)23(22)33(25)20-10-13-32(14-11-20)27(35)36-16-19-7-5-4-6-8-19/h4-9,12,15,17-18,20H,10-11,13-14,16H2,1-3H3,(H,28,29)(H,30,34). The van der Waals surface area contributed by atoms with E-state index in [0.29, 0.717) is 13.1 Å². The average Bonchev–Trinajstić information content (AvgIpc) is 3.51. The van der Waals surface area contributed by atoms with Gasteiger partial charge >= 0.3 is 6.09 Å². The van der Waals surface area contributed by atoms with E-state index in [2.05, 4.69) is 19.9 Å². The van der Waals surface area contributed by atoms with Crippen LogP contribution in [0.3, 0.4) is 0 Å². The highest BCUT2D eigenvalue weighted by Gasteiger charge is 2.31. The smallest absolute Gasteiger partial charge is 0.410 e. The Labute approximate surface area is 209 Å². The third kappa shape index (κ3) is 4.65. The number of carbonyl (C=O) groups is 2. The second-order valence-electron chi connectivity index (χ2n) is 9.72. The van der Waals surface area contributed by atoms with E-state index >= 15 is 0 Å². The minimum absolute atomic E-state index is 0.0426. The number of hydrogen-bond donors (Lipinski definition) is 2. The minimum atomic E-state index is -0.428. The zero-order valence-corrected chi connectivity index (χ0v) is 20.9. The fourth-order valence-electron chi connectivity index (χ4n) is 4.93. The number of hydrogen-bond acceptors (Lipinski definition) is 5. The van der Waals surface area contributed by atoms with Crippen molar-refractivity contribution in [1.29, 1.82) is 0 Å². The Bertz CT molecular complexity index is 1370. The van der Waals surface area contributed by atoms with Gasteiger partial charge in [-0.05, 0) is 45.2 Å². The van der Waals surface area contributed by atoms with Gasteiger partial charge in [0, 0.05) is 36.8 Å². The molecule has 1 aliphatic heterocycles. The van der Waals surface area contributed by atoms with E-state index in [4.69, 9.17) is 9.72 Å². The van der Waals surface area contributed by atoms with Crippen LogP contribution in [-0.2, 0) is 16.1 Å². The Morgan fingerprint density at radius 1 is 1.14 bits per heavy atom. The van der Waals surface area contributed by atoms with Crippen LogP contribution in [0.1, 0.15) is 57.0 Å². The Kier molecular flexibility index (Phi) is 6.63. The molecule has 5 rings (SSSR count). The van der Waals surface area contributed by atoms with Gasteiger partial charge in [-0.25, -0.2) is 14.8 Å². The van der Waals surface area contributed by atoms with E-state index in [1.54, 1.807) is 11.1 Å². The van der Waals surface area contributed by atoms with Crippen LogP contribution in [0.15, 0.2) is 48.8 Å². The lowest BCUT2D eigenvalue weighted by Crippen LogP contribution is -2.40. The number of rotatable bonds is 6. The van der Waals surface area contributed by atoms with E-state index in [1.807, 2.05) is 63.4 Å². The number of H-pyrrole nitrogens is 1. The molecule has 0 bridgehead atoms. The first kappa shape index (κ1) is 23.8. The molecule has 1 aromatic carbocycles. The van der Waals surface area contributed by atoms with Crippen LogP contribution in [0, 0.1) is 0 Å². The normalized spacial score (nSPS) is 15.5. The van der Waals surface area contributed by atoms with Crippen LogP contribution in [0.4, 0.5) is 4.79 Å². The van der Waals surface area contributed by atoms with Crippen LogP contribution >= 0.6 is 0 Å². The van der Waals surface area contributed by atoms with E-state index in [9.17, 15) is 9.59 Å². The zero-order valence-electron chi connectivity index (χ0n) is 20.9. The number of likely N-dealkylation sites (tertiary alicyclic amines) is 1. The fourth-order valence-corrected chi connectivity index (χ4v) is 4.93. The summed E-state index contributed by atoms with van der Waals surface area (Å²) >= 11 is 0. The predicted molar refractivity (Wildman–Crippen MR) is 138 cm³/mol. The number of carbonyl (C=O) groups excluding carboxylic acids is 2. The molecule has 0 saturated carbocycles. The maximum absolute atomic E-state index is 13.0. The quantitative estimate of drug-likeness (QED) is 0.415. The molecule has 0 radical (unpaired) electrons. The molecule has 1 unspecified atom stereocenters. The van der Waals surface area contributed by atoms with Gasteiger partial charge in [-0.1, -0.05) is 30.3 Å². The van der Waals surface area contributed by atoms with Crippen LogP contribution in [0.5, 0.6) is 0 Å². The molecule has 9 nitrogen and oxygen atoms in total. The van der Waals surface area contributed by atoms with Gasteiger partial charge in [0.15, 0.2) is 0 Å². The number of amides is 2. The van der Waals surface area contributed by atoms with Crippen molar-refractivity contribution >= 4 is 34.1 Å². The fraction of sp³-hybridized carbons (Fsp3) is 0.407. The summed E-state index contributed by atoms with van der Waals surface area (Å²) in [5.74, 6) is 0.244. The van der Waals surface area contributed by atoms with Crippen LogP contribution in [0.2, 0.25) is 0 Å². The number of imidazole rings is 1. The Morgan fingerprint density at radius 2 is 1.89 bits per heavy atom. The lowest BCUT2D eigenvalue weighted by Gasteiger charge is -2.33. The zero-order chi connectivity index (χ0) is 25.2. The van der Waals surface area contributed by atoms with Gasteiger partial charge in [0.2, 0.25) is 5.91 Å². The molecule has 3 aromatic heterocycles. The van der Waals surface area contributed by atoms with Gasteiger partial charge in [0.1, 0.15) is 23.6 Å². The first-order valence-corrected chi connectivity index (χ1v) is 12.5. The highest BCUT2D eigenvalue weighted by atomic mass is 16.6. The Morgan fingerprint density at radius 3 is 2.61 bits per heavy atom. The number of fused-ring (bicyclic) bond motifs is 3. The first-order chi connectivity index (χ1) is 17.4. The summed E-state index contributed by atoms with van der Waals surface area (Å²) in [6.07, 6.45) is 4.82. The van der Waals surface area contributed by atoms with E-state index in [1.165, 1.54) is 0 Å². The SMILES string of the molecule is CC(C)NC(=O)C(C)c1nc2cnc3[nH]ccc3c2n1C1CCN(C(=O)OCc2ccccc2)CC1. The third-order valence-electron chi connectivity index (χ3n) is 6.77. The number of benzene rings is 1. The van der Waals surface area contributed by atoms with Crippen molar-refractivity contribution in [2.45, 2.75) is 58.2 Å². The molecule has 4 aromatic rings. The third-order valence-corrected chi connectivity index (χ3v) is 6.77. The summed E-state index contributed by atoms with van der Waals surface area (Å²) in [6, 6.07) is 11.8. The van der Waals surface area contributed by atoms with E-state index in [-0.39, 0.29) is 30.7 Å². The van der Waals surface area contributed by atoms with Gasteiger partial charge in [0.05, 0.1) is 17.6 Å². The number of nitrogens with one attached hydrogen (secondary N) is 2. The van der Waals surface area contributed by atoms with Crippen LogP contribution < -0.4 is 5.32 Å². The van der Waals surface area contributed by atoms with E-state index in [0.717, 1.165) is 46.3 Å². The molecule has 36 heavy (non-hydrogen) atoms. The van der Waals surface area contributed by atoms with Crippen molar-refractivity contribution in [3.05, 3.63) is 60.2 Å². The largest absolute Gasteiger partial charge is 0.445 e. The number of aromatic amines is 1. The van der Waals surface area contributed by atoms with Crippen molar-refractivity contribution in [1.82, 2.24) is 29.7 Å². The molecule has 2 N–H and O–H groups in total. The molecule has 4 heterocycles. The van der Waals surface area contributed by atoms with Gasteiger partial charge < -0.3 is 24.5 Å². The first-order valence-electron chi connectivity index (χ1n) is 12.5. The van der Waals surface area contributed by atoms with Crippen LogP contribution in [-0.4, -0.2) is 55.6 Å². The monoisotopic (exact) mass is 488 g/mol. The topological polar surface area (TPSA) is 105 Å². The Balaban J connectivity index is 1.39. The molecular weight excluding hydrogens is 456 g/mol. The van der Waals surface area contributed by atoms with Crippen molar-refractivity contribution in [2.24, 2.45) is 0 Å². The molecule has 9 heteroatoms. The highest BCUT2D eigenvalue weighted by Crippen LogP contribution is 2.35. The number of nitrogens with zero attached hydrogens (tertiary/aromatic N) is 4. The van der Waals surface area contributed by atoms with Gasteiger partial charge in [-0.3, -0.25) is 4.79 Å². The molecule has 1 atom stereocenters. The van der Waals surface area contributed by atoms with Gasteiger partial charge in [-0.15, -0.1) is 0 Å². The molecule has 1 fully saturated rings. The molecule has 0 spiro atoms. The minimum Gasteiger partial charge on any atom is -0.445 e. The lowest BCUT2D eigenvalue weighted by atomic mass is 10.0. The molecular formula is C27H32N6O3. The molecule has 1 aliphatic rings. The number of pyridine rings is 1. The lowest BCUT2D eigenvalue weighted by molar-refractivity contribution is -0.122. The van der Waals surface area contributed by atoms with Crippen LogP contribution in [0.25, 0.3) is 22.1 Å². The number of piperidine rings is 1. The van der Waals surface area contributed by atoms with Crippen molar-refractivity contribution in [2.75, 3.05) is 13.1 Å². The van der Waals surface area contributed by atoms with Crippen molar-refractivity contribution in [3.63, 3.8) is 0 Å².